The van der Waals surface area contributed by atoms with Crippen LogP contribution in [0.3, 0.4) is 0 Å². The van der Waals surface area contributed by atoms with Crippen LogP contribution in [-0.4, -0.2) is 24.5 Å². The summed E-state index contributed by atoms with van der Waals surface area (Å²) in [6.45, 7) is 5.06. The van der Waals surface area contributed by atoms with Crippen LogP contribution in [0.15, 0.2) is 48.5 Å². The van der Waals surface area contributed by atoms with Crippen LogP contribution in [-0.2, 0) is 6.54 Å². The number of rotatable bonds is 3. The van der Waals surface area contributed by atoms with Crippen molar-refractivity contribution in [1.29, 1.82) is 0 Å². The minimum absolute atomic E-state index is 0.118. The molecule has 0 aliphatic carbocycles. The van der Waals surface area contributed by atoms with E-state index >= 15 is 0 Å². The van der Waals surface area contributed by atoms with Gasteiger partial charge in [0.05, 0.1) is 6.54 Å². The van der Waals surface area contributed by atoms with Crippen LogP contribution in [0, 0.1) is 25.7 Å². The van der Waals surface area contributed by atoms with E-state index in [4.69, 9.17) is 0 Å². The number of urea groups is 1. The molecule has 2 aromatic carbocycles. The standard InChI is InChI=1S/C20H22N2O/c1-16-11-12-19(17(2)14-16)15-22(3)20(23)21-13-7-10-18-8-5-4-6-9-18/h4-6,8-9,11-12,14H,13,15H2,1-3H3,(H,21,23). The van der Waals surface area contributed by atoms with E-state index in [1.165, 1.54) is 11.1 Å². The largest absolute Gasteiger partial charge is 0.327 e. The van der Waals surface area contributed by atoms with Gasteiger partial charge in [0, 0.05) is 19.2 Å². The van der Waals surface area contributed by atoms with Gasteiger partial charge in [0.1, 0.15) is 0 Å². The second-order valence-electron chi connectivity index (χ2n) is 5.61. The molecule has 0 saturated heterocycles. The lowest BCUT2D eigenvalue weighted by Crippen LogP contribution is -2.37. The first-order valence-electron chi connectivity index (χ1n) is 7.65. The molecule has 2 aromatic rings. The van der Waals surface area contributed by atoms with Crippen LogP contribution in [0.5, 0.6) is 0 Å². The Morgan fingerprint density at radius 3 is 2.57 bits per heavy atom. The first kappa shape index (κ1) is 16.6. The molecule has 2 rings (SSSR count). The fourth-order valence-corrected chi connectivity index (χ4v) is 2.27. The smallest absolute Gasteiger partial charge is 0.318 e. The SMILES string of the molecule is Cc1ccc(CN(C)C(=O)NCC#Cc2ccccc2)c(C)c1. The molecule has 3 heteroatoms. The first-order valence-corrected chi connectivity index (χ1v) is 7.65. The summed E-state index contributed by atoms with van der Waals surface area (Å²) in [6, 6.07) is 15.9. The lowest BCUT2D eigenvalue weighted by Gasteiger charge is -2.18. The maximum absolute atomic E-state index is 12.1. The molecule has 0 bridgehead atoms. The highest BCUT2D eigenvalue weighted by Crippen LogP contribution is 2.12. The minimum atomic E-state index is -0.118. The molecule has 23 heavy (non-hydrogen) atoms. The van der Waals surface area contributed by atoms with Crippen molar-refractivity contribution in [3.8, 4) is 11.8 Å². The van der Waals surface area contributed by atoms with Gasteiger partial charge < -0.3 is 10.2 Å². The summed E-state index contributed by atoms with van der Waals surface area (Å²) < 4.78 is 0. The third kappa shape index (κ3) is 5.19. The molecule has 0 unspecified atom stereocenters. The number of hydrogen-bond donors (Lipinski definition) is 1. The van der Waals surface area contributed by atoms with Crippen molar-refractivity contribution < 1.29 is 4.79 Å². The number of benzene rings is 2. The Morgan fingerprint density at radius 1 is 1.13 bits per heavy atom. The molecule has 0 aliphatic rings. The molecule has 0 aliphatic heterocycles. The highest BCUT2D eigenvalue weighted by molar-refractivity contribution is 5.74. The molecule has 0 heterocycles. The fraction of sp³-hybridized carbons (Fsp3) is 0.250. The van der Waals surface area contributed by atoms with E-state index in [0.717, 1.165) is 11.1 Å². The van der Waals surface area contributed by atoms with Gasteiger partial charge in [-0.05, 0) is 37.1 Å². The molecule has 0 spiro atoms. The summed E-state index contributed by atoms with van der Waals surface area (Å²) in [7, 11) is 1.79. The third-order valence-corrected chi connectivity index (χ3v) is 3.59. The summed E-state index contributed by atoms with van der Waals surface area (Å²) in [4.78, 5) is 13.8. The average Bonchev–Trinajstić information content (AvgIpc) is 2.55. The molecular weight excluding hydrogens is 284 g/mol. The Kier molecular flexibility index (Phi) is 5.82. The minimum Gasteiger partial charge on any atom is -0.327 e. The first-order chi connectivity index (χ1) is 11.1. The number of carbonyl (C=O) groups excluding carboxylic acids is 1. The molecule has 0 fully saturated rings. The van der Waals surface area contributed by atoms with Crippen LogP contribution in [0.2, 0.25) is 0 Å². The number of hydrogen-bond acceptors (Lipinski definition) is 1. The number of amides is 2. The molecule has 0 atom stereocenters. The van der Waals surface area contributed by atoms with Crippen LogP contribution in [0.1, 0.15) is 22.3 Å². The highest BCUT2D eigenvalue weighted by atomic mass is 16.2. The second kappa shape index (κ2) is 8.05. The molecule has 0 saturated carbocycles. The molecule has 0 radical (unpaired) electrons. The summed E-state index contributed by atoms with van der Waals surface area (Å²) >= 11 is 0. The Morgan fingerprint density at radius 2 is 1.87 bits per heavy atom. The molecular formula is C20H22N2O. The van der Waals surface area contributed by atoms with Crippen molar-refractivity contribution in [3.05, 3.63) is 70.8 Å². The Labute approximate surface area is 138 Å². The van der Waals surface area contributed by atoms with E-state index in [1.807, 2.05) is 30.3 Å². The van der Waals surface area contributed by atoms with E-state index in [0.29, 0.717) is 13.1 Å². The maximum atomic E-state index is 12.1. The van der Waals surface area contributed by atoms with Crippen molar-refractivity contribution in [3.63, 3.8) is 0 Å². The van der Waals surface area contributed by atoms with Gasteiger partial charge in [0.2, 0.25) is 0 Å². The van der Waals surface area contributed by atoms with E-state index in [9.17, 15) is 4.79 Å². The highest BCUT2D eigenvalue weighted by Gasteiger charge is 2.09. The lowest BCUT2D eigenvalue weighted by molar-refractivity contribution is 0.208. The quantitative estimate of drug-likeness (QED) is 0.865. The topological polar surface area (TPSA) is 32.3 Å². The number of nitrogens with zero attached hydrogens (tertiary/aromatic N) is 1. The van der Waals surface area contributed by atoms with E-state index in [2.05, 4.69) is 49.2 Å². The summed E-state index contributed by atoms with van der Waals surface area (Å²) in [5.74, 6) is 5.98. The number of carbonyl (C=O) groups is 1. The molecule has 3 nitrogen and oxygen atoms in total. The monoisotopic (exact) mass is 306 g/mol. The molecule has 0 aromatic heterocycles. The van der Waals surface area contributed by atoms with Gasteiger partial charge in [-0.15, -0.1) is 0 Å². The van der Waals surface area contributed by atoms with E-state index in [-0.39, 0.29) is 6.03 Å². The van der Waals surface area contributed by atoms with Gasteiger partial charge in [0.25, 0.3) is 0 Å². The zero-order valence-electron chi connectivity index (χ0n) is 13.9. The average molecular weight is 306 g/mol. The number of aryl methyl sites for hydroxylation is 2. The van der Waals surface area contributed by atoms with Gasteiger partial charge in [-0.25, -0.2) is 4.79 Å². The van der Waals surface area contributed by atoms with Crippen LogP contribution in [0.25, 0.3) is 0 Å². The van der Waals surface area contributed by atoms with Crippen molar-refractivity contribution in [2.75, 3.05) is 13.6 Å². The van der Waals surface area contributed by atoms with Gasteiger partial charge in [0.15, 0.2) is 0 Å². The fourth-order valence-electron chi connectivity index (χ4n) is 2.27. The molecule has 118 valence electrons. The Hall–Kier alpha value is -2.73. The summed E-state index contributed by atoms with van der Waals surface area (Å²) in [6.07, 6.45) is 0. The van der Waals surface area contributed by atoms with Crippen LogP contribution in [0.4, 0.5) is 4.79 Å². The van der Waals surface area contributed by atoms with E-state index in [1.54, 1.807) is 11.9 Å². The molecule has 1 N–H and O–H groups in total. The van der Waals surface area contributed by atoms with Gasteiger partial charge in [-0.3, -0.25) is 0 Å². The second-order valence-corrected chi connectivity index (χ2v) is 5.61. The Balaban J connectivity index is 1.84. The number of nitrogens with one attached hydrogen (secondary N) is 1. The summed E-state index contributed by atoms with van der Waals surface area (Å²) in [5, 5.41) is 2.82. The third-order valence-electron chi connectivity index (χ3n) is 3.59. The van der Waals surface area contributed by atoms with Gasteiger partial charge in [-0.2, -0.15) is 0 Å². The van der Waals surface area contributed by atoms with Crippen molar-refractivity contribution in [2.45, 2.75) is 20.4 Å². The van der Waals surface area contributed by atoms with E-state index < -0.39 is 0 Å². The van der Waals surface area contributed by atoms with Crippen molar-refractivity contribution >= 4 is 6.03 Å². The van der Waals surface area contributed by atoms with Crippen LogP contribution >= 0.6 is 0 Å². The predicted molar refractivity (Wildman–Crippen MR) is 94.1 cm³/mol. The predicted octanol–water partition coefficient (Wildman–Crippen LogP) is 3.50. The van der Waals surface area contributed by atoms with Crippen molar-refractivity contribution in [1.82, 2.24) is 10.2 Å². The normalized spacial score (nSPS) is 9.70. The van der Waals surface area contributed by atoms with Gasteiger partial charge >= 0.3 is 6.03 Å². The van der Waals surface area contributed by atoms with Crippen LogP contribution < -0.4 is 5.32 Å². The lowest BCUT2D eigenvalue weighted by atomic mass is 10.1. The molecule has 2 amide bonds. The van der Waals surface area contributed by atoms with Gasteiger partial charge in [-0.1, -0.05) is 53.8 Å². The van der Waals surface area contributed by atoms with Crippen molar-refractivity contribution in [2.24, 2.45) is 0 Å². The summed E-state index contributed by atoms with van der Waals surface area (Å²) in [5.41, 5.74) is 4.54. The maximum Gasteiger partial charge on any atom is 0.318 e. The zero-order chi connectivity index (χ0) is 16.7. The Bertz CT molecular complexity index is 726. The zero-order valence-corrected chi connectivity index (χ0v) is 13.9.